The highest BCUT2D eigenvalue weighted by atomic mass is 16.5. The molecule has 1 heterocycles. The summed E-state index contributed by atoms with van der Waals surface area (Å²) in [7, 11) is 0. The Bertz CT molecular complexity index is 526. The van der Waals surface area contributed by atoms with Gasteiger partial charge in [-0.3, -0.25) is 5.32 Å². The normalized spacial score (nSPS) is 9.74. The van der Waals surface area contributed by atoms with Gasteiger partial charge in [-0.05, 0) is 31.2 Å². The van der Waals surface area contributed by atoms with Crippen LogP contribution in [0.4, 0.5) is 22.0 Å². The number of benzene rings is 1. The van der Waals surface area contributed by atoms with Gasteiger partial charge >= 0.3 is 6.09 Å². The molecule has 5 nitrogen and oxygen atoms in total. The van der Waals surface area contributed by atoms with Crippen molar-refractivity contribution in [2.75, 3.05) is 17.2 Å². The topological polar surface area (TPSA) is 63.2 Å². The molecular weight excluding hydrogens is 242 g/mol. The van der Waals surface area contributed by atoms with Gasteiger partial charge in [0, 0.05) is 5.69 Å². The molecule has 0 bridgehead atoms. The zero-order chi connectivity index (χ0) is 13.5. The van der Waals surface area contributed by atoms with E-state index in [4.69, 9.17) is 4.74 Å². The third kappa shape index (κ3) is 3.99. The first kappa shape index (κ1) is 12.9. The number of ether oxygens (including phenoxy) is 1. The van der Waals surface area contributed by atoms with E-state index in [-0.39, 0.29) is 0 Å². The summed E-state index contributed by atoms with van der Waals surface area (Å²) in [4.78, 5) is 15.3. The Morgan fingerprint density at radius 1 is 1.16 bits per heavy atom. The fraction of sp³-hybridized carbons (Fsp3) is 0.143. The molecule has 0 fully saturated rings. The van der Waals surface area contributed by atoms with Crippen LogP contribution < -0.4 is 10.6 Å². The summed E-state index contributed by atoms with van der Waals surface area (Å²) in [5.74, 6) is 0.456. The first-order valence-corrected chi connectivity index (χ1v) is 6.00. The Kier molecular flexibility index (Phi) is 4.34. The minimum absolute atomic E-state index is 0.333. The average molecular weight is 257 g/mol. The van der Waals surface area contributed by atoms with Crippen LogP contribution in [0.15, 0.2) is 48.7 Å². The standard InChI is InChI=1S/C14H15N3O2/c1-2-19-14(18)17-13-9-8-12(10-15-13)16-11-6-4-3-5-7-11/h3-10,16H,2H2,1H3,(H,15,17,18). The maximum Gasteiger partial charge on any atom is 0.412 e. The Labute approximate surface area is 111 Å². The van der Waals surface area contributed by atoms with Crippen molar-refractivity contribution in [1.29, 1.82) is 0 Å². The van der Waals surface area contributed by atoms with E-state index in [1.165, 1.54) is 0 Å². The zero-order valence-electron chi connectivity index (χ0n) is 10.6. The molecule has 0 radical (unpaired) electrons. The van der Waals surface area contributed by atoms with E-state index in [1.54, 1.807) is 19.2 Å². The number of hydrogen-bond donors (Lipinski definition) is 2. The molecule has 2 rings (SSSR count). The third-order valence-electron chi connectivity index (χ3n) is 2.33. The van der Waals surface area contributed by atoms with Crippen LogP contribution in [0, 0.1) is 0 Å². The summed E-state index contributed by atoms with van der Waals surface area (Å²) < 4.78 is 4.77. The number of aromatic nitrogens is 1. The molecule has 5 heteroatoms. The van der Waals surface area contributed by atoms with Crippen molar-refractivity contribution in [3.05, 3.63) is 48.7 Å². The van der Waals surface area contributed by atoms with Crippen LogP contribution in [0.3, 0.4) is 0 Å². The minimum atomic E-state index is -0.501. The summed E-state index contributed by atoms with van der Waals surface area (Å²) in [6.45, 7) is 2.08. The lowest BCUT2D eigenvalue weighted by atomic mass is 10.3. The van der Waals surface area contributed by atoms with Gasteiger partial charge in [-0.15, -0.1) is 0 Å². The molecule has 19 heavy (non-hydrogen) atoms. The van der Waals surface area contributed by atoms with Crippen LogP contribution >= 0.6 is 0 Å². The first-order chi connectivity index (χ1) is 9.28. The van der Waals surface area contributed by atoms with Gasteiger partial charge in [0.15, 0.2) is 0 Å². The highest BCUT2D eigenvalue weighted by Gasteiger charge is 2.02. The zero-order valence-corrected chi connectivity index (χ0v) is 10.6. The molecule has 1 amide bonds. The molecule has 0 saturated heterocycles. The Hall–Kier alpha value is -2.56. The van der Waals surface area contributed by atoms with Crippen molar-refractivity contribution < 1.29 is 9.53 Å². The molecule has 2 N–H and O–H groups in total. The lowest BCUT2D eigenvalue weighted by molar-refractivity contribution is 0.168. The fourth-order valence-corrected chi connectivity index (χ4v) is 1.50. The predicted octanol–water partition coefficient (Wildman–Crippen LogP) is 3.39. The average Bonchev–Trinajstić information content (AvgIpc) is 2.42. The summed E-state index contributed by atoms with van der Waals surface area (Å²) in [6, 6.07) is 13.3. The number of carbonyl (C=O) groups excluding carboxylic acids is 1. The van der Waals surface area contributed by atoms with Crippen LogP contribution in [-0.4, -0.2) is 17.7 Å². The molecule has 0 aliphatic heterocycles. The van der Waals surface area contributed by atoms with Crippen molar-refractivity contribution in [3.8, 4) is 0 Å². The molecule has 0 saturated carbocycles. The van der Waals surface area contributed by atoms with Gasteiger partial charge in [-0.25, -0.2) is 9.78 Å². The van der Waals surface area contributed by atoms with Gasteiger partial charge in [0.1, 0.15) is 5.82 Å². The maximum atomic E-state index is 11.2. The van der Waals surface area contributed by atoms with Gasteiger partial charge in [-0.1, -0.05) is 18.2 Å². The second-order valence-electron chi connectivity index (χ2n) is 3.77. The van der Waals surface area contributed by atoms with Crippen LogP contribution in [0.5, 0.6) is 0 Å². The molecule has 2 aromatic rings. The van der Waals surface area contributed by atoms with Crippen LogP contribution in [-0.2, 0) is 4.74 Å². The van der Waals surface area contributed by atoms with Gasteiger partial charge in [-0.2, -0.15) is 0 Å². The summed E-state index contributed by atoms with van der Waals surface area (Å²) in [5.41, 5.74) is 1.83. The van der Waals surface area contributed by atoms with Crippen molar-refractivity contribution in [3.63, 3.8) is 0 Å². The molecule has 98 valence electrons. The van der Waals surface area contributed by atoms with Crippen LogP contribution in [0.2, 0.25) is 0 Å². The maximum absolute atomic E-state index is 11.2. The number of hydrogen-bond acceptors (Lipinski definition) is 4. The van der Waals surface area contributed by atoms with Gasteiger partial charge in [0.05, 0.1) is 18.5 Å². The lowest BCUT2D eigenvalue weighted by Crippen LogP contribution is -2.14. The van der Waals surface area contributed by atoms with E-state index in [1.807, 2.05) is 36.4 Å². The van der Waals surface area contributed by atoms with Crippen molar-refractivity contribution in [1.82, 2.24) is 4.98 Å². The van der Waals surface area contributed by atoms with E-state index >= 15 is 0 Å². The lowest BCUT2D eigenvalue weighted by Gasteiger charge is -2.07. The number of nitrogens with zero attached hydrogens (tertiary/aromatic N) is 1. The predicted molar refractivity (Wildman–Crippen MR) is 74.6 cm³/mol. The molecule has 1 aromatic heterocycles. The van der Waals surface area contributed by atoms with E-state index < -0.39 is 6.09 Å². The van der Waals surface area contributed by atoms with E-state index in [9.17, 15) is 4.79 Å². The Morgan fingerprint density at radius 3 is 2.58 bits per heavy atom. The molecule has 0 aliphatic carbocycles. The fourth-order valence-electron chi connectivity index (χ4n) is 1.50. The number of rotatable bonds is 4. The third-order valence-corrected chi connectivity index (χ3v) is 2.33. The molecule has 0 aliphatic rings. The number of pyridine rings is 1. The number of para-hydroxylation sites is 1. The Balaban J connectivity index is 1.97. The van der Waals surface area contributed by atoms with Crippen LogP contribution in [0.1, 0.15) is 6.92 Å². The molecule has 0 spiro atoms. The van der Waals surface area contributed by atoms with E-state index in [0.29, 0.717) is 12.4 Å². The summed E-state index contributed by atoms with van der Waals surface area (Å²) in [5, 5.41) is 5.74. The molecule has 0 unspecified atom stereocenters. The Morgan fingerprint density at radius 2 is 1.95 bits per heavy atom. The monoisotopic (exact) mass is 257 g/mol. The van der Waals surface area contributed by atoms with Crippen molar-refractivity contribution in [2.45, 2.75) is 6.92 Å². The SMILES string of the molecule is CCOC(=O)Nc1ccc(Nc2ccccc2)cn1. The second kappa shape index (κ2) is 6.39. The number of nitrogens with one attached hydrogen (secondary N) is 2. The minimum Gasteiger partial charge on any atom is -0.450 e. The van der Waals surface area contributed by atoms with E-state index in [2.05, 4.69) is 15.6 Å². The molecule has 0 atom stereocenters. The van der Waals surface area contributed by atoms with Crippen molar-refractivity contribution in [2.24, 2.45) is 0 Å². The highest BCUT2D eigenvalue weighted by Crippen LogP contribution is 2.16. The van der Waals surface area contributed by atoms with E-state index in [0.717, 1.165) is 11.4 Å². The number of anilines is 3. The quantitative estimate of drug-likeness (QED) is 0.881. The smallest absolute Gasteiger partial charge is 0.412 e. The van der Waals surface area contributed by atoms with Gasteiger partial charge < -0.3 is 10.1 Å². The molecule has 1 aromatic carbocycles. The first-order valence-electron chi connectivity index (χ1n) is 6.00. The largest absolute Gasteiger partial charge is 0.450 e. The van der Waals surface area contributed by atoms with Gasteiger partial charge in [0.2, 0.25) is 0 Å². The summed E-state index contributed by atoms with van der Waals surface area (Å²) in [6.07, 6.45) is 1.15. The number of amides is 1. The van der Waals surface area contributed by atoms with Gasteiger partial charge in [0.25, 0.3) is 0 Å². The van der Waals surface area contributed by atoms with Crippen molar-refractivity contribution >= 4 is 23.3 Å². The number of carbonyl (C=O) groups is 1. The molecular formula is C14H15N3O2. The highest BCUT2D eigenvalue weighted by molar-refractivity contribution is 5.83. The second-order valence-corrected chi connectivity index (χ2v) is 3.77. The van der Waals surface area contributed by atoms with Crippen LogP contribution in [0.25, 0.3) is 0 Å². The summed E-state index contributed by atoms with van der Waals surface area (Å²) >= 11 is 0.